The Balaban J connectivity index is 2.54. The Morgan fingerprint density at radius 1 is 1.57 bits per heavy atom. The number of hydrogen-bond acceptors (Lipinski definition) is 3. The number of nitrogens with two attached hydrogens (primary N) is 1. The van der Waals surface area contributed by atoms with Crippen LogP contribution >= 0.6 is 11.6 Å². The normalized spacial score (nSPS) is 13.4. The van der Waals surface area contributed by atoms with Crippen molar-refractivity contribution in [2.24, 2.45) is 5.73 Å². The third-order valence-electron chi connectivity index (χ3n) is 2.08. The zero-order valence-electron chi connectivity index (χ0n) is 7.83. The molecule has 0 amide bonds. The lowest BCUT2D eigenvalue weighted by atomic mass is 10.1. The van der Waals surface area contributed by atoms with Crippen LogP contribution in [0, 0.1) is 0 Å². The van der Waals surface area contributed by atoms with Gasteiger partial charge in [-0.2, -0.15) is 0 Å². The molecule has 14 heavy (non-hydrogen) atoms. The molecule has 1 atom stereocenters. The number of fused-ring (bicyclic) bond motifs is 1. The van der Waals surface area contributed by atoms with Gasteiger partial charge < -0.3 is 10.3 Å². The summed E-state index contributed by atoms with van der Waals surface area (Å²) < 4.78 is 5.14. The van der Waals surface area contributed by atoms with E-state index < -0.39 is 0 Å². The maximum absolute atomic E-state index is 5.85. The van der Waals surface area contributed by atoms with Gasteiger partial charge in [0.25, 0.3) is 0 Å². The molecule has 0 saturated heterocycles. The zero-order valence-corrected chi connectivity index (χ0v) is 8.58. The Morgan fingerprint density at radius 2 is 2.36 bits per heavy atom. The molecule has 0 spiro atoms. The summed E-state index contributed by atoms with van der Waals surface area (Å²) >= 11 is 5.85. The lowest BCUT2D eigenvalue weighted by molar-refractivity contribution is 0.453. The molecular formula is C10H11ClN2O. The minimum absolute atomic E-state index is 0.101. The second kappa shape index (κ2) is 3.59. The van der Waals surface area contributed by atoms with Crippen molar-refractivity contribution in [2.45, 2.75) is 19.4 Å². The Morgan fingerprint density at radius 3 is 3.07 bits per heavy atom. The highest BCUT2D eigenvalue weighted by Gasteiger charge is 2.10. The lowest BCUT2D eigenvalue weighted by Crippen LogP contribution is -2.17. The monoisotopic (exact) mass is 210 g/mol. The van der Waals surface area contributed by atoms with Crippen molar-refractivity contribution in [1.82, 2.24) is 5.16 Å². The average molecular weight is 211 g/mol. The molecule has 0 radical (unpaired) electrons. The molecule has 2 aromatic rings. The van der Waals surface area contributed by atoms with Crippen LogP contribution in [0.2, 0.25) is 5.15 Å². The number of halogens is 1. The number of aromatic nitrogens is 1. The van der Waals surface area contributed by atoms with Crippen molar-refractivity contribution in [3.05, 3.63) is 28.9 Å². The molecule has 0 saturated carbocycles. The second-order valence-corrected chi connectivity index (χ2v) is 3.81. The van der Waals surface area contributed by atoms with Crippen molar-refractivity contribution in [3.63, 3.8) is 0 Å². The van der Waals surface area contributed by atoms with E-state index in [9.17, 15) is 0 Å². The summed E-state index contributed by atoms with van der Waals surface area (Å²) in [5, 5.41) is 4.97. The first-order valence-electron chi connectivity index (χ1n) is 4.47. The number of nitrogens with zero attached hydrogens (tertiary/aromatic N) is 1. The maximum atomic E-state index is 5.85. The number of hydrogen-bond donors (Lipinski definition) is 1. The smallest absolute Gasteiger partial charge is 0.180 e. The van der Waals surface area contributed by atoms with Gasteiger partial charge in [0.05, 0.1) is 5.39 Å². The quantitative estimate of drug-likeness (QED) is 0.828. The molecule has 0 aliphatic heterocycles. The van der Waals surface area contributed by atoms with Crippen molar-refractivity contribution in [2.75, 3.05) is 0 Å². The fourth-order valence-corrected chi connectivity index (χ4v) is 1.68. The number of para-hydroxylation sites is 1. The molecule has 1 aromatic heterocycles. The molecule has 2 N–H and O–H groups in total. The Bertz CT molecular complexity index is 450. The van der Waals surface area contributed by atoms with Gasteiger partial charge >= 0.3 is 0 Å². The maximum Gasteiger partial charge on any atom is 0.180 e. The SMILES string of the molecule is CC(N)Cc1cccc2c(Cl)noc12. The topological polar surface area (TPSA) is 52.0 Å². The zero-order chi connectivity index (χ0) is 10.1. The van der Waals surface area contributed by atoms with Crippen molar-refractivity contribution >= 4 is 22.6 Å². The summed E-state index contributed by atoms with van der Waals surface area (Å²) in [6.07, 6.45) is 0.767. The summed E-state index contributed by atoms with van der Waals surface area (Å²) in [5.74, 6) is 0. The molecule has 0 aliphatic rings. The van der Waals surface area contributed by atoms with E-state index in [0.29, 0.717) is 5.15 Å². The predicted molar refractivity (Wildman–Crippen MR) is 56.4 cm³/mol. The van der Waals surface area contributed by atoms with Gasteiger partial charge in [-0.25, -0.2) is 0 Å². The van der Waals surface area contributed by atoms with E-state index in [1.54, 1.807) is 0 Å². The van der Waals surface area contributed by atoms with Crippen molar-refractivity contribution in [3.8, 4) is 0 Å². The summed E-state index contributed by atoms with van der Waals surface area (Å²) in [5.41, 5.74) is 7.53. The molecule has 0 aliphatic carbocycles. The van der Waals surface area contributed by atoms with E-state index in [-0.39, 0.29) is 6.04 Å². The van der Waals surface area contributed by atoms with Crippen LogP contribution in [0.3, 0.4) is 0 Å². The van der Waals surface area contributed by atoms with Gasteiger partial charge in [-0.3, -0.25) is 0 Å². The van der Waals surface area contributed by atoms with Gasteiger partial charge in [0.1, 0.15) is 0 Å². The van der Waals surface area contributed by atoms with Gasteiger partial charge in [0, 0.05) is 6.04 Å². The van der Waals surface area contributed by atoms with Crippen molar-refractivity contribution in [1.29, 1.82) is 0 Å². The molecule has 1 heterocycles. The summed E-state index contributed by atoms with van der Waals surface area (Å²) in [7, 11) is 0. The number of rotatable bonds is 2. The summed E-state index contributed by atoms with van der Waals surface area (Å²) in [4.78, 5) is 0. The lowest BCUT2D eigenvalue weighted by Gasteiger charge is -2.04. The van der Waals surface area contributed by atoms with Crippen molar-refractivity contribution < 1.29 is 4.52 Å². The molecule has 1 aromatic carbocycles. The van der Waals surface area contributed by atoms with E-state index in [1.807, 2.05) is 25.1 Å². The van der Waals surface area contributed by atoms with Gasteiger partial charge in [-0.05, 0) is 25.0 Å². The van der Waals surface area contributed by atoms with Gasteiger partial charge in [0.2, 0.25) is 0 Å². The molecule has 0 bridgehead atoms. The molecule has 2 rings (SSSR count). The molecule has 3 nitrogen and oxygen atoms in total. The first kappa shape index (κ1) is 9.49. The van der Waals surface area contributed by atoms with Crippen LogP contribution in [-0.4, -0.2) is 11.2 Å². The van der Waals surface area contributed by atoms with Crippen LogP contribution < -0.4 is 5.73 Å². The Hall–Kier alpha value is -1.06. The van der Waals surface area contributed by atoms with Crippen LogP contribution in [0.25, 0.3) is 11.0 Å². The molecule has 74 valence electrons. The van der Waals surface area contributed by atoms with Crippen LogP contribution in [0.5, 0.6) is 0 Å². The molecule has 0 fully saturated rings. The van der Waals surface area contributed by atoms with E-state index in [4.69, 9.17) is 21.9 Å². The van der Waals surface area contributed by atoms with Gasteiger partial charge in [0.15, 0.2) is 10.7 Å². The van der Waals surface area contributed by atoms with Gasteiger partial charge in [-0.15, -0.1) is 0 Å². The number of benzene rings is 1. The van der Waals surface area contributed by atoms with Crippen LogP contribution in [0.1, 0.15) is 12.5 Å². The third-order valence-corrected chi connectivity index (χ3v) is 2.35. The largest absolute Gasteiger partial charge is 0.354 e. The highest BCUT2D eigenvalue weighted by Crippen LogP contribution is 2.25. The molecule has 1 unspecified atom stereocenters. The highest BCUT2D eigenvalue weighted by molar-refractivity contribution is 6.34. The van der Waals surface area contributed by atoms with E-state index in [1.165, 1.54) is 0 Å². The molecular weight excluding hydrogens is 200 g/mol. The fraction of sp³-hybridized carbons (Fsp3) is 0.300. The predicted octanol–water partition coefficient (Wildman–Crippen LogP) is 2.37. The average Bonchev–Trinajstić information content (AvgIpc) is 2.49. The van der Waals surface area contributed by atoms with Crippen LogP contribution in [0.15, 0.2) is 22.7 Å². The Kier molecular flexibility index (Phi) is 2.44. The van der Waals surface area contributed by atoms with E-state index >= 15 is 0 Å². The minimum Gasteiger partial charge on any atom is -0.354 e. The van der Waals surface area contributed by atoms with Gasteiger partial charge in [-0.1, -0.05) is 28.9 Å². The third kappa shape index (κ3) is 1.61. The Labute approximate surface area is 86.8 Å². The minimum atomic E-state index is 0.101. The second-order valence-electron chi connectivity index (χ2n) is 3.45. The first-order valence-corrected chi connectivity index (χ1v) is 4.84. The summed E-state index contributed by atoms with van der Waals surface area (Å²) in [6, 6.07) is 5.90. The van der Waals surface area contributed by atoms with Crippen LogP contribution in [0.4, 0.5) is 0 Å². The first-order chi connectivity index (χ1) is 6.68. The molecule has 4 heteroatoms. The highest BCUT2D eigenvalue weighted by atomic mass is 35.5. The van der Waals surface area contributed by atoms with E-state index in [0.717, 1.165) is 23.0 Å². The summed E-state index contributed by atoms with van der Waals surface area (Å²) in [6.45, 7) is 1.96. The van der Waals surface area contributed by atoms with E-state index in [2.05, 4.69) is 5.16 Å². The fourth-order valence-electron chi connectivity index (χ4n) is 1.50. The standard InChI is InChI=1S/C10H11ClN2O/c1-6(12)5-7-3-2-4-8-9(7)14-13-10(8)11/h2-4,6H,5,12H2,1H3. The van der Waals surface area contributed by atoms with Crippen LogP contribution in [-0.2, 0) is 6.42 Å².